The average Bonchev–Trinajstić information content (AvgIpc) is 2.27. The van der Waals surface area contributed by atoms with Gasteiger partial charge in [0, 0.05) is 12.0 Å². The molecule has 1 aromatic carbocycles. The van der Waals surface area contributed by atoms with E-state index in [0.717, 1.165) is 24.0 Å². The van der Waals surface area contributed by atoms with E-state index in [0.29, 0.717) is 12.2 Å². The van der Waals surface area contributed by atoms with Gasteiger partial charge in [0.25, 0.3) is 0 Å². The largest absolute Gasteiger partial charge is 0.491 e. The summed E-state index contributed by atoms with van der Waals surface area (Å²) in [4.78, 5) is 11.6. The van der Waals surface area contributed by atoms with Crippen molar-refractivity contribution in [1.82, 2.24) is 0 Å². The fraction of sp³-hybridized carbons (Fsp3) is 0.417. The molecule has 3 heteroatoms. The highest BCUT2D eigenvalue weighted by Crippen LogP contribution is 2.25. The van der Waals surface area contributed by atoms with Crippen LogP contribution >= 0.6 is 0 Å². The second-order valence-electron chi connectivity index (χ2n) is 3.67. The van der Waals surface area contributed by atoms with E-state index in [1.807, 2.05) is 12.1 Å². The Balaban J connectivity index is 2.23. The molecule has 1 aromatic rings. The van der Waals surface area contributed by atoms with Crippen LogP contribution in [0.2, 0.25) is 0 Å². The molecule has 0 saturated heterocycles. The lowest BCUT2D eigenvalue weighted by atomic mass is 9.90. The third-order valence-electron chi connectivity index (χ3n) is 2.59. The number of fused-ring (bicyclic) bond motifs is 1. The van der Waals surface area contributed by atoms with Gasteiger partial charge in [0.2, 0.25) is 0 Å². The summed E-state index contributed by atoms with van der Waals surface area (Å²) in [6.07, 6.45) is 2.56. The molecule has 3 nitrogen and oxygen atoms in total. The van der Waals surface area contributed by atoms with Crippen LogP contribution in [0, 0.1) is 0 Å². The number of carbonyl (C=O) groups is 1. The molecule has 0 aromatic heterocycles. The van der Waals surface area contributed by atoms with Gasteiger partial charge in [-0.25, -0.2) is 0 Å². The third kappa shape index (κ3) is 2.18. The van der Waals surface area contributed by atoms with Crippen molar-refractivity contribution in [2.24, 2.45) is 0 Å². The molecule has 1 aliphatic rings. The molecular weight excluding hydrogens is 192 g/mol. The number of aliphatic hydroxyl groups is 1. The van der Waals surface area contributed by atoms with Crippen molar-refractivity contribution in [1.29, 1.82) is 0 Å². The average molecular weight is 206 g/mol. The van der Waals surface area contributed by atoms with Crippen molar-refractivity contribution in [2.75, 3.05) is 13.2 Å². The summed E-state index contributed by atoms with van der Waals surface area (Å²) >= 11 is 0. The van der Waals surface area contributed by atoms with E-state index in [1.54, 1.807) is 6.07 Å². The normalized spacial score (nSPS) is 14.9. The molecule has 0 atom stereocenters. The lowest BCUT2D eigenvalue weighted by Gasteiger charge is -2.15. The van der Waals surface area contributed by atoms with Gasteiger partial charge >= 0.3 is 0 Å². The van der Waals surface area contributed by atoms with Crippen molar-refractivity contribution in [3.63, 3.8) is 0 Å². The first-order chi connectivity index (χ1) is 7.31. The Kier molecular flexibility index (Phi) is 3.02. The fourth-order valence-corrected chi connectivity index (χ4v) is 1.86. The van der Waals surface area contributed by atoms with Crippen LogP contribution in [0.25, 0.3) is 0 Å². The summed E-state index contributed by atoms with van der Waals surface area (Å²) in [7, 11) is 0. The van der Waals surface area contributed by atoms with Crippen LogP contribution in [0.5, 0.6) is 5.75 Å². The third-order valence-corrected chi connectivity index (χ3v) is 2.59. The van der Waals surface area contributed by atoms with E-state index in [2.05, 4.69) is 0 Å². The van der Waals surface area contributed by atoms with Crippen molar-refractivity contribution in [3.05, 3.63) is 29.3 Å². The summed E-state index contributed by atoms with van der Waals surface area (Å²) in [5, 5.41) is 8.63. The highest BCUT2D eigenvalue weighted by Gasteiger charge is 2.17. The predicted molar refractivity (Wildman–Crippen MR) is 56.3 cm³/mol. The van der Waals surface area contributed by atoms with Gasteiger partial charge in [0.1, 0.15) is 12.4 Å². The van der Waals surface area contributed by atoms with Crippen LogP contribution in [0.4, 0.5) is 0 Å². The Hall–Kier alpha value is -1.35. The minimum Gasteiger partial charge on any atom is -0.491 e. The number of aliphatic hydroxyl groups excluding tert-OH is 1. The Morgan fingerprint density at radius 3 is 3.00 bits per heavy atom. The molecule has 0 unspecified atom stereocenters. The first-order valence-electron chi connectivity index (χ1n) is 5.21. The van der Waals surface area contributed by atoms with Crippen LogP contribution in [0.1, 0.15) is 28.8 Å². The summed E-state index contributed by atoms with van der Waals surface area (Å²) in [5.41, 5.74) is 1.90. The number of hydrogen-bond donors (Lipinski definition) is 1. The van der Waals surface area contributed by atoms with Crippen LogP contribution in [0.15, 0.2) is 18.2 Å². The second kappa shape index (κ2) is 4.45. The standard InChI is InChI=1S/C12H14O3/c13-6-7-15-10-5-4-9-2-1-3-12(14)11(9)8-10/h4-5,8,13H,1-3,6-7H2. The second-order valence-corrected chi connectivity index (χ2v) is 3.67. The molecule has 0 saturated carbocycles. The summed E-state index contributed by atoms with van der Waals surface area (Å²) < 4.78 is 5.27. The highest BCUT2D eigenvalue weighted by molar-refractivity contribution is 5.98. The van der Waals surface area contributed by atoms with Gasteiger partial charge in [-0.2, -0.15) is 0 Å². The fourth-order valence-electron chi connectivity index (χ4n) is 1.86. The molecule has 1 aliphatic carbocycles. The molecule has 0 radical (unpaired) electrons. The molecule has 1 N–H and O–H groups in total. The van der Waals surface area contributed by atoms with Gasteiger partial charge in [0.15, 0.2) is 5.78 Å². The zero-order valence-corrected chi connectivity index (χ0v) is 8.53. The summed E-state index contributed by atoms with van der Waals surface area (Å²) in [5.74, 6) is 0.865. The number of ether oxygens (including phenoxy) is 1. The molecule has 0 spiro atoms. The lowest BCUT2D eigenvalue weighted by Crippen LogP contribution is -2.11. The number of Topliss-reactive ketones (excluding diaryl/α,β-unsaturated/α-hetero) is 1. The van der Waals surface area contributed by atoms with Gasteiger partial charge < -0.3 is 9.84 Å². The minimum absolute atomic E-state index is 0.00890. The topological polar surface area (TPSA) is 46.5 Å². The molecule has 0 fully saturated rings. The highest BCUT2D eigenvalue weighted by atomic mass is 16.5. The number of benzene rings is 1. The minimum atomic E-state index is -0.00890. The monoisotopic (exact) mass is 206 g/mol. The smallest absolute Gasteiger partial charge is 0.163 e. The van der Waals surface area contributed by atoms with E-state index in [9.17, 15) is 4.79 Å². The molecule has 80 valence electrons. The SMILES string of the molecule is O=C1CCCc2ccc(OCCO)cc21. The Labute approximate surface area is 88.7 Å². The zero-order chi connectivity index (χ0) is 10.7. The van der Waals surface area contributed by atoms with Crippen molar-refractivity contribution < 1.29 is 14.6 Å². The van der Waals surface area contributed by atoms with Crippen LogP contribution in [0.3, 0.4) is 0 Å². The van der Waals surface area contributed by atoms with Gasteiger partial charge in [-0.3, -0.25) is 4.79 Å². The Bertz CT molecular complexity index is 371. The maximum Gasteiger partial charge on any atom is 0.163 e. The van der Waals surface area contributed by atoms with E-state index in [1.165, 1.54) is 0 Å². The summed E-state index contributed by atoms with van der Waals surface area (Å²) in [6, 6.07) is 5.58. The molecule has 15 heavy (non-hydrogen) atoms. The van der Waals surface area contributed by atoms with Gasteiger partial charge in [-0.1, -0.05) is 6.07 Å². The Morgan fingerprint density at radius 2 is 2.20 bits per heavy atom. The maximum absolute atomic E-state index is 11.6. The Morgan fingerprint density at radius 1 is 1.33 bits per heavy atom. The lowest BCUT2D eigenvalue weighted by molar-refractivity contribution is 0.0972. The van der Waals surface area contributed by atoms with E-state index in [4.69, 9.17) is 9.84 Å². The first-order valence-corrected chi connectivity index (χ1v) is 5.21. The van der Waals surface area contributed by atoms with Gasteiger partial charge in [-0.15, -0.1) is 0 Å². The van der Waals surface area contributed by atoms with Crippen LogP contribution < -0.4 is 4.74 Å². The van der Waals surface area contributed by atoms with Crippen molar-refractivity contribution >= 4 is 5.78 Å². The molecular formula is C12H14O3. The number of ketones is 1. The van der Waals surface area contributed by atoms with Crippen molar-refractivity contribution in [2.45, 2.75) is 19.3 Å². The molecule has 0 aliphatic heterocycles. The van der Waals surface area contributed by atoms with Crippen molar-refractivity contribution in [3.8, 4) is 5.75 Å². The molecule has 2 rings (SSSR count). The van der Waals surface area contributed by atoms with Gasteiger partial charge in [0.05, 0.1) is 6.61 Å². The van der Waals surface area contributed by atoms with E-state index < -0.39 is 0 Å². The van der Waals surface area contributed by atoms with E-state index >= 15 is 0 Å². The van der Waals surface area contributed by atoms with Gasteiger partial charge in [-0.05, 0) is 30.5 Å². The number of rotatable bonds is 3. The number of aryl methyl sites for hydroxylation is 1. The first kappa shape index (κ1) is 10.2. The molecule has 0 heterocycles. The maximum atomic E-state index is 11.6. The number of hydrogen-bond acceptors (Lipinski definition) is 3. The zero-order valence-electron chi connectivity index (χ0n) is 8.53. The number of carbonyl (C=O) groups excluding carboxylic acids is 1. The predicted octanol–water partition coefficient (Wildman–Crippen LogP) is 1.58. The van der Waals surface area contributed by atoms with Crippen LogP contribution in [-0.2, 0) is 6.42 Å². The quantitative estimate of drug-likeness (QED) is 0.816. The summed E-state index contributed by atoms with van der Waals surface area (Å²) in [6.45, 7) is 0.262. The molecule has 0 amide bonds. The van der Waals surface area contributed by atoms with E-state index in [-0.39, 0.29) is 19.0 Å². The van der Waals surface area contributed by atoms with Crippen LogP contribution in [-0.4, -0.2) is 24.1 Å². The molecule has 0 bridgehead atoms.